The summed E-state index contributed by atoms with van der Waals surface area (Å²) in [5.41, 5.74) is 0.946. The zero-order valence-electron chi connectivity index (χ0n) is 17.3. The van der Waals surface area contributed by atoms with Gasteiger partial charge in [0.2, 0.25) is 16.0 Å². The van der Waals surface area contributed by atoms with Crippen LogP contribution in [0.2, 0.25) is 0 Å². The van der Waals surface area contributed by atoms with Crippen LogP contribution in [0.4, 0.5) is 5.95 Å². The maximum atomic E-state index is 12.8. The minimum absolute atomic E-state index is 0.00803. The van der Waals surface area contributed by atoms with Gasteiger partial charge in [0.1, 0.15) is 5.65 Å². The smallest absolute Gasteiger partial charge is 0.252 e. The number of sulfonamides is 1. The second-order valence-corrected chi connectivity index (χ2v) is 11.0. The number of nitrogens with zero attached hydrogens (tertiary/aromatic N) is 5. The number of fused-ring (bicyclic) bond motifs is 1. The van der Waals surface area contributed by atoms with Gasteiger partial charge in [-0.05, 0) is 50.0 Å². The summed E-state index contributed by atoms with van der Waals surface area (Å²) in [6.45, 7) is 0.731. The maximum absolute atomic E-state index is 12.8. The highest BCUT2D eigenvalue weighted by Gasteiger charge is 2.53. The van der Waals surface area contributed by atoms with E-state index in [2.05, 4.69) is 10.3 Å². The molecule has 10 heteroatoms. The van der Waals surface area contributed by atoms with Crippen molar-refractivity contribution >= 4 is 27.0 Å². The summed E-state index contributed by atoms with van der Waals surface area (Å²) in [6, 6.07) is 5.37. The maximum Gasteiger partial charge on any atom is 0.252 e. The number of nitrogens with one attached hydrogen (secondary N) is 1. The van der Waals surface area contributed by atoms with Crippen LogP contribution in [0.3, 0.4) is 0 Å². The standard InChI is InChI=1S/C21H26N6O3S/c22-10-13-31(29,30)26-11-5-16(6-12-26)24-20-23-14-15-3-4-18(28)27(19(15)25-20)17-2-1-7-21(17)8-9-21/h3-4,14,16-17H,1-2,5-9,11-13H2,(H,23,24,25). The number of aromatic nitrogens is 3. The number of anilines is 1. The minimum atomic E-state index is -3.51. The van der Waals surface area contributed by atoms with E-state index in [4.69, 9.17) is 10.2 Å². The fraction of sp³-hybridized carbons (Fsp3) is 0.619. The Morgan fingerprint density at radius 3 is 2.68 bits per heavy atom. The van der Waals surface area contributed by atoms with Crippen LogP contribution >= 0.6 is 0 Å². The van der Waals surface area contributed by atoms with Crippen molar-refractivity contribution in [2.75, 3.05) is 24.2 Å². The summed E-state index contributed by atoms with van der Waals surface area (Å²) in [7, 11) is -3.51. The van der Waals surface area contributed by atoms with Gasteiger partial charge >= 0.3 is 0 Å². The largest absolute Gasteiger partial charge is 0.351 e. The molecule has 2 aromatic heterocycles. The first-order valence-electron chi connectivity index (χ1n) is 10.9. The highest BCUT2D eigenvalue weighted by molar-refractivity contribution is 7.89. The van der Waals surface area contributed by atoms with Gasteiger partial charge in [-0.2, -0.15) is 10.2 Å². The second kappa shape index (κ2) is 7.57. The molecule has 1 spiro atoms. The van der Waals surface area contributed by atoms with Crippen molar-refractivity contribution in [2.45, 2.75) is 57.0 Å². The van der Waals surface area contributed by atoms with Gasteiger partial charge < -0.3 is 5.32 Å². The molecule has 0 aromatic carbocycles. The molecule has 0 amide bonds. The van der Waals surface area contributed by atoms with Crippen LogP contribution in [0.1, 0.15) is 51.0 Å². The highest BCUT2D eigenvalue weighted by Crippen LogP contribution is 2.63. The lowest BCUT2D eigenvalue weighted by Gasteiger charge is -2.31. The first-order valence-corrected chi connectivity index (χ1v) is 12.5. The quantitative estimate of drug-likeness (QED) is 0.752. The summed E-state index contributed by atoms with van der Waals surface area (Å²) in [5.74, 6) is -0.0213. The molecule has 1 atom stereocenters. The van der Waals surface area contributed by atoms with Crippen LogP contribution in [-0.4, -0.2) is 52.1 Å². The summed E-state index contributed by atoms with van der Waals surface area (Å²) in [4.78, 5) is 22.0. The van der Waals surface area contributed by atoms with Crippen LogP contribution < -0.4 is 10.9 Å². The molecule has 2 aliphatic carbocycles. The predicted octanol–water partition coefficient (Wildman–Crippen LogP) is 2.03. The van der Waals surface area contributed by atoms with Gasteiger partial charge in [0, 0.05) is 42.8 Å². The molecule has 0 bridgehead atoms. The second-order valence-electron chi connectivity index (χ2n) is 9.02. The Morgan fingerprint density at radius 2 is 1.97 bits per heavy atom. The first kappa shape index (κ1) is 20.4. The lowest BCUT2D eigenvalue weighted by atomic mass is 10.00. The lowest BCUT2D eigenvalue weighted by molar-refractivity contribution is 0.330. The number of hydrogen-bond donors (Lipinski definition) is 1. The van der Waals surface area contributed by atoms with Gasteiger partial charge in [0.15, 0.2) is 5.75 Å². The Kier molecular flexibility index (Phi) is 4.98. The van der Waals surface area contributed by atoms with Crippen molar-refractivity contribution in [1.82, 2.24) is 18.8 Å². The number of hydrogen-bond acceptors (Lipinski definition) is 7. The third-order valence-electron chi connectivity index (χ3n) is 7.16. The van der Waals surface area contributed by atoms with E-state index in [0.29, 0.717) is 37.5 Å². The van der Waals surface area contributed by atoms with Crippen molar-refractivity contribution in [3.05, 3.63) is 28.7 Å². The zero-order valence-corrected chi connectivity index (χ0v) is 18.1. The molecule has 164 valence electrons. The van der Waals surface area contributed by atoms with E-state index in [1.165, 1.54) is 23.6 Å². The van der Waals surface area contributed by atoms with Gasteiger partial charge in [-0.1, -0.05) is 6.42 Å². The van der Waals surface area contributed by atoms with Gasteiger partial charge in [0.05, 0.1) is 6.07 Å². The van der Waals surface area contributed by atoms with Crippen molar-refractivity contribution in [3.8, 4) is 6.07 Å². The molecule has 0 radical (unpaired) electrons. The Hall–Kier alpha value is -2.51. The van der Waals surface area contributed by atoms with E-state index in [1.54, 1.807) is 24.4 Å². The fourth-order valence-electron chi connectivity index (χ4n) is 5.31. The molecule has 3 fully saturated rings. The van der Waals surface area contributed by atoms with E-state index in [0.717, 1.165) is 18.2 Å². The van der Waals surface area contributed by atoms with Gasteiger partial charge in [-0.25, -0.2) is 17.7 Å². The molecule has 1 unspecified atom stereocenters. The average molecular weight is 443 g/mol. The highest BCUT2D eigenvalue weighted by atomic mass is 32.2. The summed E-state index contributed by atoms with van der Waals surface area (Å²) in [5, 5.41) is 12.9. The molecule has 3 aliphatic rings. The molecule has 1 saturated heterocycles. The van der Waals surface area contributed by atoms with E-state index >= 15 is 0 Å². The third kappa shape index (κ3) is 3.70. The molecule has 1 aliphatic heterocycles. The Labute approximate surface area is 181 Å². The molecule has 9 nitrogen and oxygen atoms in total. The van der Waals surface area contributed by atoms with E-state index in [-0.39, 0.29) is 23.1 Å². The Balaban J connectivity index is 1.37. The first-order chi connectivity index (χ1) is 14.9. The zero-order chi connectivity index (χ0) is 21.6. The number of piperidine rings is 1. The summed E-state index contributed by atoms with van der Waals surface area (Å²) < 4.78 is 27.4. The monoisotopic (exact) mass is 442 g/mol. The van der Waals surface area contributed by atoms with E-state index in [9.17, 15) is 13.2 Å². The SMILES string of the molecule is N#CCS(=O)(=O)N1CCC(Nc2ncc3ccc(=O)n(C4CCCC45CC5)c3n2)CC1. The molecule has 31 heavy (non-hydrogen) atoms. The number of pyridine rings is 1. The van der Waals surface area contributed by atoms with E-state index in [1.807, 2.05) is 4.57 Å². The van der Waals surface area contributed by atoms with Crippen LogP contribution in [0.25, 0.3) is 11.0 Å². The Morgan fingerprint density at radius 1 is 1.19 bits per heavy atom. The summed E-state index contributed by atoms with van der Waals surface area (Å²) in [6.07, 6.45) is 8.69. The van der Waals surface area contributed by atoms with Crippen molar-refractivity contribution in [2.24, 2.45) is 5.41 Å². The van der Waals surface area contributed by atoms with Crippen molar-refractivity contribution in [1.29, 1.82) is 5.26 Å². The molecular formula is C21H26N6O3S. The van der Waals surface area contributed by atoms with Crippen molar-refractivity contribution in [3.63, 3.8) is 0 Å². The molecule has 2 aromatic rings. The van der Waals surface area contributed by atoms with Crippen LogP contribution in [0, 0.1) is 16.7 Å². The minimum Gasteiger partial charge on any atom is -0.351 e. The molecule has 2 saturated carbocycles. The third-order valence-corrected chi connectivity index (χ3v) is 8.80. The number of nitriles is 1. The van der Waals surface area contributed by atoms with Crippen molar-refractivity contribution < 1.29 is 8.42 Å². The topological polar surface area (TPSA) is 121 Å². The van der Waals surface area contributed by atoms with Gasteiger partial charge in [-0.3, -0.25) is 9.36 Å². The van der Waals surface area contributed by atoms with Gasteiger partial charge in [-0.15, -0.1) is 0 Å². The van der Waals surface area contributed by atoms with Crippen LogP contribution in [0.15, 0.2) is 23.1 Å². The van der Waals surface area contributed by atoms with Gasteiger partial charge in [0.25, 0.3) is 5.56 Å². The van der Waals surface area contributed by atoms with Crippen LogP contribution in [-0.2, 0) is 10.0 Å². The van der Waals surface area contributed by atoms with Crippen LogP contribution in [0.5, 0.6) is 0 Å². The molecule has 5 rings (SSSR count). The lowest BCUT2D eigenvalue weighted by Crippen LogP contribution is -2.43. The number of rotatable bonds is 5. The molecule has 1 N–H and O–H groups in total. The molecular weight excluding hydrogens is 416 g/mol. The normalized spacial score (nSPS) is 23.8. The summed E-state index contributed by atoms with van der Waals surface area (Å²) >= 11 is 0. The fourth-order valence-corrected chi connectivity index (χ4v) is 6.42. The van der Waals surface area contributed by atoms with E-state index < -0.39 is 15.8 Å². The average Bonchev–Trinajstić information content (AvgIpc) is 3.41. The Bertz CT molecular complexity index is 1210. The molecule has 3 heterocycles. The predicted molar refractivity (Wildman–Crippen MR) is 116 cm³/mol.